The van der Waals surface area contributed by atoms with E-state index < -0.39 is 44.0 Å². The van der Waals surface area contributed by atoms with Crippen LogP contribution in [0.15, 0.2) is 0 Å². The maximum Gasteiger partial charge on any atom is 2.00 e. The SMILES string of the molecule is C[AsH](C)CCC[PH+](CCC[AsH](C)C)CCC[AsH](C)C.[C-]#N.[Ni+2]. The molecule has 137 valence electrons. The fourth-order valence-electron chi connectivity index (χ4n) is 2.45. The molecule has 0 rings (SSSR count). The molecule has 0 N–H and O–H groups in total. The summed E-state index contributed by atoms with van der Waals surface area (Å²) < 4.78 is 0. The van der Waals surface area contributed by atoms with Crippen LogP contribution in [0.3, 0.4) is 0 Å². The van der Waals surface area contributed by atoms with E-state index >= 15 is 0 Å². The van der Waals surface area contributed by atoms with Gasteiger partial charge in [-0.2, -0.15) is 0 Å². The van der Waals surface area contributed by atoms with E-state index in [4.69, 9.17) is 11.8 Å². The van der Waals surface area contributed by atoms with Gasteiger partial charge in [-0.05, 0) is 0 Å². The Bertz CT molecular complexity index is 205. The molecule has 0 spiro atoms. The average Bonchev–Trinajstić information content (AvgIpc) is 2.39. The van der Waals surface area contributed by atoms with Gasteiger partial charge in [-0.15, -0.1) is 0 Å². The van der Waals surface area contributed by atoms with E-state index in [2.05, 4.69) is 34.3 Å². The molecule has 6 heteroatoms. The molecular formula is C16H40As3NNiP+2. The smallest absolute Gasteiger partial charge is 0.512 e. The Hall–Kier alpha value is 2.09. The van der Waals surface area contributed by atoms with Gasteiger partial charge >= 0.3 is 156 Å². The number of rotatable bonds is 12. The van der Waals surface area contributed by atoms with E-state index in [1.807, 2.05) is 0 Å². The zero-order valence-corrected chi connectivity index (χ0v) is 23.9. The second-order valence-electron chi connectivity index (χ2n) is 6.93. The van der Waals surface area contributed by atoms with Crippen LogP contribution in [0.25, 0.3) is 0 Å². The zero-order valence-electron chi connectivity index (χ0n) is 15.6. The molecule has 0 aromatic rings. The Morgan fingerprint density at radius 1 is 0.636 bits per heavy atom. The molecule has 0 saturated heterocycles. The van der Waals surface area contributed by atoms with Crippen molar-refractivity contribution in [2.24, 2.45) is 0 Å². The summed E-state index contributed by atoms with van der Waals surface area (Å²) in [5.74, 6) is 0. The van der Waals surface area contributed by atoms with Crippen LogP contribution < -0.4 is 0 Å². The van der Waals surface area contributed by atoms with Crippen LogP contribution in [0, 0.1) is 11.8 Å². The molecular weight excluding hydrogens is 521 g/mol. The summed E-state index contributed by atoms with van der Waals surface area (Å²) in [4.78, 5) is 0. The first-order valence-corrected chi connectivity index (χ1v) is 27.5. The van der Waals surface area contributed by atoms with E-state index in [1.165, 1.54) is 0 Å². The minimum atomic E-state index is -0.523. The molecule has 0 saturated carbocycles. The molecule has 0 aliphatic rings. The molecule has 0 bridgehead atoms. The standard InChI is InChI=1S/C15H39As3P.CN.Ni/c1-16(2)10-7-13-19(14-8-11-17(3)4)15-9-12-18(5)6;1-2;/h16-18H,7-15H2,1-6H3;;/q;-1;+2/p+1. The molecule has 0 aliphatic carbocycles. The van der Waals surface area contributed by atoms with Crippen LogP contribution >= 0.6 is 7.92 Å². The summed E-state index contributed by atoms with van der Waals surface area (Å²) >= 11 is -1.57. The average molecular weight is 561 g/mol. The minimum Gasteiger partial charge on any atom is -0.512 e. The van der Waals surface area contributed by atoms with Crippen molar-refractivity contribution < 1.29 is 16.5 Å². The van der Waals surface area contributed by atoms with E-state index in [0.29, 0.717) is 0 Å². The Labute approximate surface area is 166 Å². The Balaban J connectivity index is -0.00000115. The number of nitrogens with zero attached hydrogens (tertiary/aromatic N) is 1. The first-order chi connectivity index (χ1) is 9.91. The molecule has 22 heavy (non-hydrogen) atoms. The number of hydrogen-bond acceptors (Lipinski definition) is 1. The van der Waals surface area contributed by atoms with Gasteiger partial charge in [0.15, 0.2) is 0 Å². The Morgan fingerprint density at radius 3 is 1.05 bits per heavy atom. The van der Waals surface area contributed by atoms with E-state index in [9.17, 15) is 0 Å². The fraction of sp³-hybridized carbons (Fsp3) is 0.938. The van der Waals surface area contributed by atoms with Gasteiger partial charge in [0.05, 0.1) is 0 Å². The van der Waals surface area contributed by atoms with Gasteiger partial charge in [-0.25, -0.2) is 0 Å². The summed E-state index contributed by atoms with van der Waals surface area (Å²) in [5.41, 5.74) is 15.3. The molecule has 3 radical (unpaired) electrons. The third-order valence-electron chi connectivity index (χ3n) is 3.62. The predicted molar refractivity (Wildman–Crippen MR) is 113 cm³/mol. The van der Waals surface area contributed by atoms with E-state index in [-0.39, 0.29) is 24.4 Å². The molecule has 0 fully saturated rings. The molecule has 0 aromatic carbocycles. The molecule has 0 heterocycles. The van der Waals surface area contributed by atoms with Crippen molar-refractivity contribution in [3.8, 4) is 0 Å². The molecule has 1 nitrogen and oxygen atoms in total. The summed E-state index contributed by atoms with van der Waals surface area (Å²) in [5, 5.41) is 11.2. The van der Waals surface area contributed by atoms with Crippen molar-refractivity contribution >= 4 is 51.9 Å². The van der Waals surface area contributed by atoms with Crippen molar-refractivity contribution in [3.05, 3.63) is 6.57 Å². The van der Waals surface area contributed by atoms with Gasteiger partial charge in [0.1, 0.15) is 0 Å². The monoisotopic (exact) mass is 560 g/mol. The third kappa shape index (κ3) is 24.3. The van der Waals surface area contributed by atoms with Gasteiger partial charge in [0.2, 0.25) is 0 Å². The van der Waals surface area contributed by atoms with Crippen LogP contribution in [-0.2, 0) is 16.5 Å². The van der Waals surface area contributed by atoms with Crippen LogP contribution in [-0.4, -0.2) is 62.4 Å². The summed E-state index contributed by atoms with van der Waals surface area (Å²) in [7, 11) is 0.0485. The van der Waals surface area contributed by atoms with E-state index in [0.717, 1.165) is 0 Å². The predicted octanol–water partition coefficient (Wildman–Crippen LogP) is 4.92. The van der Waals surface area contributed by atoms with Crippen molar-refractivity contribution in [1.82, 2.24) is 0 Å². The molecule has 0 aliphatic heterocycles. The largest absolute Gasteiger partial charge is 2.00 e. The van der Waals surface area contributed by atoms with Crippen LogP contribution in [0.2, 0.25) is 49.9 Å². The summed E-state index contributed by atoms with van der Waals surface area (Å²) in [6.07, 6.45) is 9.77. The Morgan fingerprint density at radius 2 is 0.864 bits per heavy atom. The maximum atomic E-state index is 6.25. The van der Waals surface area contributed by atoms with Crippen molar-refractivity contribution in [1.29, 1.82) is 5.26 Å². The van der Waals surface area contributed by atoms with Gasteiger partial charge in [-0.3, -0.25) is 0 Å². The molecule has 0 aromatic heterocycles. The minimum absolute atomic E-state index is 0. The number of hydrogen-bond donors (Lipinski definition) is 0. The van der Waals surface area contributed by atoms with Crippen molar-refractivity contribution in [2.45, 2.75) is 69.2 Å². The van der Waals surface area contributed by atoms with Crippen LogP contribution in [0.4, 0.5) is 0 Å². The molecule has 0 unspecified atom stereocenters. The van der Waals surface area contributed by atoms with Gasteiger partial charge in [0, 0.05) is 0 Å². The second kappa shape index (κ2) is 21.1. The van der Waals surface area contributed by atoms with Crippen molar-refractivity contribution in [3.63, 3.8) is 0 Å². The summed E-state index contributed by atoms with van der Waals surface area (Å²) in [6, 6.07) is 0. The third-order valence-corrected chi connectivity index (χ3v) is 15.3. The first-order valence-electron chi connectivity index (χ1n) is 8.34. The summed E-state index contributed by atoms with van der Waals surface area (Å²) in [6.45, 7) is 4.75. The quantitative estimate of drug-likeness (QED) is 0.189. The van der Waals surface area contributed by atoms with Gasteiger partial charge in [0.25, 0.3) is 0 Å². The van der Waals surface area contributed by atoms with Gasteiger partial charge in [-0.1, -0.05) is 0 Å². The normalized spacial score (nSPS) is 10.7. The second-order valence-corrected chi connectivity index (χ2v) is 28.3. The fourth-order valence-corrected chi connectivity index (χ4v) is 13.0. The Kier molecular flexibility index (Phi) is 27.7. The van der Waals surface area contributed by atoms with Crippen LogP contribution in [0.1, 0.15) is 19.3 Å². The topological polar surface area (TPSA) is 23.8 Å². The molecule has 0 amide bonds. The van der Waals surface area contributed by atoms with E-state index in [1.54, 1.807) is 53.4 Å². The maximum absolute atomic E-state index is 6.25. The molecule has 0 atom stereocenters. The van der Waals surface area contributed by atoms with Gasteiger partial charge < -0.3 is 11.8 Å². The van der Waals surface area contributed by atoms with Crippen molar-refractivity contribution in [2.75, 3.05) is 18.5 Å². The van der Waals surface area contributed by atoms with Crippen LogP contribution in [0.5, 0.6) is 0 Å². The zero-order chi connectivity index (χ0) is 16.7. The first kappa shape index (κ1) is 28.9.